The van der Waals surface area contributed by atoms with Gasteiger partial charge in [-0.1, -0.05) is 65.7 Å². The first-order valence-electron chi connectivity index (χ1n) is 12.0. The van der Waals surface area contributed by atoms with Crippen LogP contribution in [0.25, 0.3) is 11.1 Å². The van der Waals surface area contributed by atoms with Gasteiger partial charge in [-0.3, -0.25) is 0 Å². The Hall–Kier alpha value is -1.65. The lowest BCUT2D eigenvalue weighted by Crippen LogP contribution is -2.40. The van der Waals surface area contributed by atoms with E-state index in [0.29, 0.717) is 23.8 Å². The zero-order valence-corrected chi connectivity index (χ0v) is 22.3. The summed E-state index contributed by atoms with van der Waals surface area (Å²) in [6.07, 6.45) is 4.82. The van der Waals surface area contributed by atoms with Crippen LogP contribution in [-0.4, -0.2) is 15.4 Å². The first kappa shape index (κ1) is 25.0. The first-order valence-corrected chi connectivity index (χ1v) is 14.9. The molecule has 0 radical (unpaired) electrons. The lowest BCUT2D eigenvalue weighted by molar-refractivity contribution is 0.199. The maximum atomic E-state index is 15.0. The van der Waals surface area contributed by atoms with Crippen LogP contribution >= 0.6 is 0 Å². The Labute approximate surface area is 195 Å². The molecule has 0 amide bonds. The third-order valence-electron chi connectivity index (χ3n) is 7.87. The van der Waals surface area contributed by atoms with E-state index in [1.54, 1.807) is 13.2 Å². The molecule has 32 heavy (non-hydrogen) atoms. The molecule has 0 N–H and O–H groups in total. The van der Waals surface area contributed by atoms with Crippen molar-refractivity contribution in [3.8, 4) is 16.9 Å². The van der Waals surface area contributed by atoms with Crippen LogP contribution in [0.1, 0.15) is 77.3 Å². The molecule has 0 heterocycles. The molecule has 0 bridgehead atoms. The largest absolute Gasteiger partial charge is 0.497 e. The predicted molar refractivity (Wildman–Crippen MR) is 135 cm³/mol. The van der Waals surface area contributed by atoms with Gasteiger partial charge in [0.1, 0.15) is 11.6 Å². The highest BCUT2D eigenvalue weighted by Crippen LogP contribution is 2.50. The van der Waals surface area contributed by atoms with E-state index in [9.17, 15) is 4.39 Å². The van der Waals surface area contributed by atoms with Crippen LogP contribution in [0.15, 0.2) is 36.4 Å². The van der Waals surface area contributed by atoms with Crippen LogP contribution < -0.4 is 4.74 Å². The standard InChI is InChI=1S/C28H41FO2Si/c1-27(2,3)32(7,8)31-19-20-12-14-22(24-18-21(30-6)13-15-26(24)29)23(17-20)25-11-9-10-16-28(25,4)5/h12-15,17-18,25H,9-11,16,19H2,1-8H3. The SMILES string of the molecule is COc1ccc(F)c(-c2ccc(CO[Si](C)(C)C(C)(C)C)cc2C2CCCCC2(C)C)c1. The van der Waals surface area contributed by atoms with Gasteiger partial charge in [0.15, 0.2) is 8.32 Å². The van der Waals surface area contributed by atoms with E-state index in [1.165, 1.54) is 36.5 Å². The zero-order chi connectivity index (χ0) is 23.7. The van der Waals surface area contributed by atoms with Gasteiger partial charge < -0.3 is 9.16 Å². The summed E-state index contributed by atoms with van der Waals surface area (Å²) in [5.41, 5.74) is 4.22. The first-order chi connectivity index (χ1) is 14.9. The lowest BCUT2D eigenvalue weighted by atomic mass is 9.65. The van der Waals surface area contributed by atoms with Crippen LogP contribution in [-0.2, 0) is 11.0 Å². The molecular weight excluding hydrogens is 415 g/mol. The number of ether oxygens (including phenoxy) is 1. The highest BCUT2D eigenvalue weighted by molar-refractivity contribution is 6.74. The molecule has 3 rings (SSSR count). The summed E-state index contributed by atoms with van der Waals surface area (Å²) in [7, 11) is -0.220. The van der Waals surface area contributed by atoms with Gasteiger partial charge in [0.05, 0.1) is 13.7 Å². The van der Waals surface area contributed by atoms with E-state index < -0.39 is 8.32 Å². The van der Waals surface area contributed by atoms with Gasteiger partial charge in [-0.2, -0.15) is 0 Å². The van der Waals surface area contributed by atoms with E-state index >= 15 is 0 Å². The molecule has 2 aromatic rings. The highest BCUT2D eigenvalue weighted by atomic mass is 28.4. The minimum atomic E-state index is -1.85. The van der Waals surface area contributed by atoms with Crippen LogP contribution in [0, 0.1) is 11.2 Å². The van der Waals surface area contributed by atoms with Crippen molar-refractivity contribution in [2.75, 3.05) is 7.11 Å². The number of rotatable bonds is 6. The average Bonchev–Trinajstić information content (AvgIpc) is 2.71. The molecule has 0 aliphatic heterocycles. The van der Waals surface area contributed by atoms with Crippen LogP contribution in [0.4, 0.5) is 4.39 Å². The highest BCUT2D eigenvalue weighted by Gasteiger charge is 2.38. The van der Waals surface area contributed by atoms with Crippen LogP contribution in [0.3, 0.4) is 0 Å². The predicted octanol–water partition coefficient (Wildman–Crippen LogP) is 8.71. The van der Waals surface area contributed by atoms with Crippen molar-refractivity contribution in [1.29, 1.82) is 0 Å². The molecule has 2 nitrogen and oxygen atoms in total. The Morgan fingerprint density at radius 3 is 2.38 bits per heavy atom. The van der Waals surface area contributed by atoms with Crippen molar-refractivity contribution in [3.63, 3.8) is 0 Å². The van der Waals surface area contributed by atoms with Gasteiger partial charge in [-0.15, -0.1) is 0 Å². The Balaban J connectivity index is 2.06. The summed E-state index contributed by atoms with van der Waals surface area (Å²) in [6.45, 7) is 16.7. The molecule has 1 atom stereocenters. The number of hydrogen-bond donors (Lipinski definition) is 0. The number of halogens is 1. The van der Waals surface area contributed by atoms with E-state index in [2.05, 4.69) is 65.9 Å². The molecule has 1 aliphatic carbocycles. The maximum Gasteiger partial charge on any atom is 0.192 e. The van der Waals surface area contributed by atoms with Crippen molar-refractivity contribution in [3.05, 3.63) is 53.3 Å². The lowest BCUT2D eigenvalue weighted by Gasteiger charge is -2.40. The molecule has 1 aliphatic rings. The third-order valence-corrected chi connectivity index (χ3v) is 12.3. The topological polar surface area (TPSA) is 18.5 Å². The van der Waals surface area contributed by atoms with Gasteiger partial charge in [0, 0.05) is 5.56 Å². The molecule has 0 saturated heterocycles. The zero-order valence-electron chi connectivity index (χ0n) is 21.3. The summed E-state index contributed by atoms with van der Waals surface area (Å²) < 4.78 is 26.9. The monoisotopic (exact) mass is 456 g/mol. The number of hydrogen-bond acceptors (Lipinski definition) is 2. The van der Waals surface area contributed by atoms with Gasteiger partial charge in [-0.25, -0.2) is 4.39 Å². The quantitative estimate of drug-likeness (QED) is 0.405. The van der Waals surface area contributed by atoms with Gasteiger partial charge in [0.25, 0.3) is 0 Å². The minimum Gasteiger partial charge on any atom is -0.497 e. The minimum absolute atomic E-state index is 0.171. The van der Waals surface area contributed by atoms with Crippen LogP contribution in [0.2, 0.25) is 18.1 Å². The normalized spacial score (nSPS) is 19.1. The second-order valence-electron chi connectivity index (χ2n) is 11.6. The molecule has 4 heteroatoms. The Kier molecular flexibility index (Phi) is 7.26. The smallest absolute Gasteiger partial charge is 0.192 e. The maximum absolute atomic E-state index is 15.0. The average molecular weight is 457 g/mol. The Morgan fingerprint density at radius 2 is 1.75 bits per heavy atom. The van der Waals surface area contributed by atoms with Crippen molar-refractivity contribution < 1.29 is 13.6 Å². The fraction of sp³-hybridized carbons (Fsp3) is 0.571. The Bertz CT molecular complexity index is 943. The van der Waals surface area contributed by atoms with Gasteiger partial charge >= 0.3 is 0 Å². The Morgan fingerprint density at radius 1 is 1.03 bits per heavy atom. The number of benzene rings is 2. The molecule has 1 saturated carbocycles. The summed E-state index contributed by atoms with van der Waals surface area (Å²) in [5, 5.41) is 0.171. The van der Waals surface area contributed by atoms with Crippen LogP contribution in [0.5, 0.6) is 5.75 Å². The molecule has 1 fully saturated rings. The van der Waals surface area contributed by atoms with E-state index in [4.69, 9.17) is 9.16 Å². The van der Waals surface area contributed by atoms with Crippen molar-refractivity contribution >= 4 is 8.32 Å². The second kappa shape index (κ2) is 9.30. The molecule has 1 unspecified atom stereocenters. The summed E-state index contributed by atoms with van der Waals surface area (Å²) in [5.74, 6) is 0.871. The van der Waals surface area contributed by atoms with Crippen molar-refractivity contribution in [2.24, 2.45) is 5.41 Å². The van der Waals surface area contributed by atoms with E-state index in [1.807, 2.05) is 6.07 Å². The molecule has 2 aromatic carbocycles. The van der Waals surface area contributed by atoms with Crippen molar-refractivity contribution in [1.82, 2.24) is 0 Å². The van der Waals surface area contributed by atoms with E-state index in [-0.39, 0.29) is 16.3 Å². The molecule has 0 spiro atoms. The summed E-state index contributed by atoms with van der Waals surface area (Å²) in [4.78, 5) is 0. The molecular formula is C28H41FO2Si. The molecule has 0 aromatic heterocycles. The summed E-state index contributed by atoms with van der Waals surface area (Å²) in [6, 6.07) is 11.5. The number of methoxy groups -OCH3 is 1. The second-order valence-corrected chi connectivity index (χ2v) is 16.4. The molecule has 176 valence electrons. The summed E-state index contributed by atoms with van der Waals surface area (Å²) >= 11 is 0. The van der Waals surface area contributed by atoms with Gasteiger partial charge in [-0.05, 0) is 77.2 Å². The fourth-order valence-corrected chi connectivity index (χ4v) is 5.58. The fourth-order valence-electron chi connectivity index (χ4n) is 4.62. The third kappa shape index (κ3) is 5.28. The van der Waals surface area contributed by atoms with Crippen molar-refractivity contribution in [2.45, 2.75) is 91.0 Å². The van der Waals surface area contributed by atoms with E-state index in [0.717, 1.165) is 12.0 Å². The van der Waals surface area contributed by atoms with Gasteiger partial charge in [0.2, 0.25) is 0 Å².